The molecule has 1 aromatic carbocycles. The molecule has 3 nitrogen and oxygen atoms in total. The Bertz CT molecular complexity index is 860. The van der Waals surface area contributed by atoms with Crippen molar-refractivity contribution < 1.29 is 0 Å². The summed E-state index contributed by atoms with van der Waals surface area (Å²) in [7, 11) is 0. The van der Waals surface area contributed by atoms with E-state index in [1.54, 1.807) is 23.1 Å². The average Bonchev–Trinajstić information content (AvgIpc) is 3.07. The molecule has 0 aliphatic heterocycles. The zero-order chi connectivity index (χ0) is 15.1. The molecule has 0 spiro atoms. The Labute approximate surface area is 142 Å². The minimum atomic E-state index is 0.302. The molecule has 0 saturated carbocycles. The van der Waals surface area contributed by atoms with Crippen molar-refractivity contribution in [2.45, 2.75) is 24.2 Å². The van der Waals surface area contributed by atoms with Crippen molar-refractivity contribution in [1.82, 2.24) is 9.97 Å². The monoisotopic (exact) mass is 347 g/mol. The van der Waals surface area contributed by atoms with E-state index in [9.17, 15) is 0 Å². The molecule has 3 aromatic rings. The molecule has 0 fully saturated rings. The third kappa shape index (κ3) is 2.47. The van der Waals surface area contributed by atoms with E-state index in [0.29, 0.717) is 5.28 Å². The van der Waals surface area contributed by atoms with Crippen molar-refractivity contribution in [2.24, 2.45) is 0 Å². The maximum atomic E-state index is 6.11. The van der Waals surface area contributed by atoms with Gasteiger partial charge in [0.25, 0.3) is 0 Å². The Morgan fingerprint density at radius 2 is 2.18 bits per heavy atom. The molecule has 0 radical (unpaired) electrons. The number of thioether (sulfide) groups is 1. The summed E-state index contributed by atoms with van der Waals surface area (Å²) in [6, 6.07) is 8.32. The van der Waals surface area contributed by atoms with E-state index >= 15 is 0 Å². The van der Waals surface area contributed by atoms with Gasteiger partial charge in [0.15, 0.2) is 0 Å². The molecule has 0 unspecified atom stereocenters. The van der Waals surface area contributed by atoms with Crippen LogP contribution >= 0.6 is 34.7 Å². The van der Waals surface area contributed by atoms with E-state index in [1.165, 1.54) is 21.8 Å². The summed E-state index contributed by atoms with van der Waals surface area (Å²) in [5.74, 6) is 0.827. The Morgan fingerprint density at radius 1 is 1.27 bits per heavy atom. The molecular weight excluding hydrogens is 334 g/mol. The van der Waals surface area contributed by atoms with Crippen molar-refractivity contribution in [1.29, 1.82) is 0 Å². The zero-order valence-electron chi connectivity index (χ0n) is 12.0. The van der Waals surface area contributed by atoms with Crippen LogP contribution in [0.5, 0.6) is 0 Å². The zero-order valence-corrected chi connectivity index (χ0v) is 14.4. The molecule has 1 N–H and O–H groups in total. The molecule has 1 aliphatic rings. The number of aromatic nitrogens is 2. The van der Waals surface area contributed by atoms with E-state index in [-0.39, 0.29) is 0 Å². The summed E-state index contributed by atoms with van der Waals surface area (Å²) >= 11 is 9.59. The first kappa shape index (κ1) is 14.3. The number of fused-ring (bicyclic) bond motifs is 3. The predicted octanol–water partition coefficient (Wildman–Crippen LogP) is 5.30. The van der Waals surface area contributed by atoms with Gasteiger partial charge in [0.2, 0.25) is 5.28 Å². The fourth-order valence-corrected chi connectivity index (χ4v) is 4.84. The van der Waals surface area contributed by atoms with Gasteiger partial charge in [-0.15, -0.1) is 23.1 Å². The van der Waals surface area contributed by atoms with E-state index in [1.807, 2.05) is 12.1 Å². The van der Waals surface area contributed by atoms with E-state index < -0.39 is 0 Å². The van der Waals surface area contributed by atoms with Gasteiger partial charge in [0.05, 0.1) is 5.39 Å². The Balaban J connectivity index is 1.83. The van der Waals surface area contributed by atoms with Crippen LogP contribution in [-0.2, 0) is 12.8 Å². The summed E-state index contributed by atoms with van der Waals surface area (Å²) in [5.41, 5.74) is 2.43. The molecule has 4 rings (SSSR count). The normalized spacial score (nSPS) is 13.5. The van der Waals surface area contributed by atoms with Crippen LogP contribution in [0.2, 0.25) is 5.28 Å². The molecule has 0 bridgehead atoms. The Kier molecular flexibility index (Phi) is 3.72. The lowest BCUT2D eigenvalue weighted by atomic mass is 10.2. The number of hydrogen-bond donors (Lipinski definition) is 1. The van der Waals surface area contributed by atoms with Gasteiger partial charge in [-0.3, -0.25) is 0 Å². The van der Waals surface area contributed by atoms with E-state index in [4.69, 9.17) is 11.6 Å². The summed E-state index contributed by atoms with van der Waals surface area (Å²) < 4.78 is 0. The molecule has 0 saturated heterocycles. The molecule has 2 aromatic heterocycles. The largest absolute Gasteiger partial charge is 0.340 e. The average molecular weight is 348 g/mol. The first-order chi connectivity index (χ1) is 10.7. The van der Waals surface area contributed by atoms with Gasteiger partial charge < -0.3 is 5.32 Å². The van der Waals surface area contributed by atoms with Crippen LogP contribution in [0.3, 0.4) is 0 Å². The van der Waals surface area contributed by atoms with Gasteiger partial charge in [0.1, 0.15) is 10.6 Å². The number of rotatable bonds is 3. The lowest BCUT2D eigenvalue weighted by Gasteiger charge is -2.09. The molecular formula is C16H14ClN3S2. The van der Waals surface area contributed by atoms with Crippen molar-refractivity contribution >= 4 is 56.4 Å². The molecule has 6 heteroatoms. The maximum Gasteiger partial charge on any atom is 0.225 e. The van der Waals surface area contributed by atoms with Crippen LogP contribution in [0.15, 0.2) is 29.2 Å². The highest BCUT2D eigenvalue weighted by atomic mass is 35.5. The van der Waals surface area contributed by atoms with E-state index in [2.05, 4.69) is 33.7 Å². The van der Waals surface area contributed by atoms with Gasteiger partial charge in [-0.25, -0.2) is 4.98 Å². The highest BCUT2D eigenvalue weighted by Crippen LogP contribution is 2.40. The predicted molar refractivity (Wildman–Crippen MR) is 96.0 cm³/mol. The quantitative estimate of drug-likeness (QED) is 0.515. The molecule has 112 valence electrons. The fourth-order valence-electron chi connectivity index (χ4n) is 2.90. The lowest BCUT2D eigenvalue weighted by molar-refractivity contribution is 0.917. The summed E-state index contributed by atoms with van der Waals surface area (Å²) in [6.07, 6.45) is 5.56. The van der Waals surface area contributed by atoms with Crippen LogP contribution in [0.4, 0.5) is 11.5 Å². The molecule has 1 aliphatic carbocycles. The van der Waals surface area contributed by atoms with Gasteiger partial charge >= 0.3 is 0 Å². The second-order valence-corrected chi connectivity index (χ2v) is 7.54. The lowest BCUT2D eigenvalue weighted by Crippen LogP contribution is -1.97. The van der Waals surface area contributed by atoms with Gasteiger partial charge in [-0.1, -0.05) is 6.07 Å². The van der Waals surface area contributed by atoms with Crippen molar-refractivity contribution in [3.05, 3.63) is 40.0 Å². The van der Waals surface area contributed by atoms with Crippen molar-refractivity contribution in [2.75, 3.05) is 11.6 Å². The number of halogens is 1. The first-order valence-corrected chi connectivity index (χ1v) is 9.55. The van der Waals surface area contributed by atoms with Crippen LogP contribution in [-0.4, -0.2) is 16.2 Å². The number of anilines is 2. The number of nitrogens with zero attached hydrogens (tertiary/aromatic N) is 2. The fraction of sp³-hybridized carbons (Fsp3) is 0.250. The summed E-state index contributed by atoms with van der Waals surface area (Å²) in [6.45, 7) is 0. The number of hydrogen-bond acceptors (Lipinski definition) is 5. The van der Waals surface area contributed by atoms with Crippen LogP contribution in [0, 0.1) is 0 Å². The first-order valence-electron chi connectivity index (χ1n) is 7.13. The number of thiophene rings is 1. The van der Waals surface area contributed by atoms with Crippen LogP contribution < -0.4 is 5.32 Å². The van der Waals surface area contributed by atoms with Crippen LogP contribution in [0.25, 0.3) is 10.2 Å². The topological polar surface area (TPSA) is 37.8 Å². The minimum Gasteiger partial charge on any atom is -0.340 e. The van der Waals surface area contributed by atoms with Crippen molar-refractivity contribution in [3.8, 4) is 0 Å². The van der Waals surface area contributed by atoms with Crippen LogP contribution in [0.1, 0.15) is 16.9 Å². The highest BCUT2D eigenvalue weighted by molar-refractivity contribution is 7.98. The summed E-state index contributed by atoms with van der Waals surface area (Å²) in [5, 5.41) is 4.89. The smallest absolute Gasteiger partial charge is 0.225 e. The van der Waals surface area contributed by atoms with Gasteiger partial charge in [0, 0.05) is 15.5 Å². The number of nitrogens with one attached hydrogen (secondary N) is 1. The number of aryl methyl sites for hydroxylation is 2. The minimum absolute atomic E-state index is 0.302. The van der Waals surface area contributed by atoms with Gasteiger partial charge in [-0.05, 0) is 60.9 Å². The SMILES string of the molecule is CSc1cccc(Nc2nc(Cl)nc3sc4c(c23)CCC4)c1. The standard InChI is InChI=1S/C16H14ClN3S2/c1-21-10-5-2-4-9(8-10)18-14-13-11-6-3-7-12(11)22-15(13)20-16(17)19-14/h2,4-5,8H,3,6-7H2,1H3,(H,18,19,20). The molecule has 0 amide bonds. The highest BCUT2D eigenvalue weighted by Gasteiger charge is 2.22. The third-order valence-corrected chi connectivity index (χ3v) is 5.95. The summed E-state index contributed by atoms with van der Waals surface area (Å²) in [4.78, 5) is 12.5. The van der Waals surface area contributed by atoms with Crippen molar-refractivity contribution in [3.63, 3.8) is 0 Å². The Morgan fingerprint density at radius 3 is 3.05 bits per heavy atom. The maximum absolute atomic E-state index is 6.11. The second-order valence-electron chi connectivity index (χ2n) is 5.24. The Hall–Kier alpha value is -1.30. The number of benzene rings is 1. The third-order valence-electron chi connectivity index (χ3n) is 3.87. The molecule has 0 atom stereocenters. The van der Waals surface area contributed by atoms with E-state index in [0.717, 1.165) is 34.6 Å². The van der Waals surface area contributed by atoms with Gasteiger partial charge in [-0.2, -0.15) is 4.98 Å². The second kappa shape index (κ2) is 5.72. The molecule has 2 heterocycles. The molecule has 22 heavy (non-hydrogen) atoms.